The molecule has 0 aliphatic carbocycles. The normalized spacial score (nSPS) is 12.3. The van der Waals surface area contributed by atoms with Crippen molar-refractivity contribution in [3.63, 3.8) is 0 Å². The van der Waals surface area contributed by atoms with Crippen LogP contribution in [0.1, 0.15) is 17.2 Å². The van der Waals surface area contributed by atoms with Crippen molar-refractivity contribution >= 4 is 16.5 Å². The van der Waals surface area contributed by atoms with E-state index in [4.69, 9.17) is 0 Å². The number of anilines is 1. The number of aliphatic hydroxyl groups excluding tert-OH is 1. The van der Waals surface area contributed by atoms with Gasteiger partial charge in [0.05, 0.1) is 6.10 Å². The maximum absolute atomic E-state index is 10.3. The average molecular weight is 277 g/mol. The van der Waals surface area contributed by atoms with Crippen molar-refractivity contribution in [1.82, 2.24) is 0 Å². The first kappa shape index (κ1) is 13.7. The van der Waals surface area contributed by atoms with E-state index in [9.17, 15) is 5.11 Å². The van der Waals surface area contributed by atoms with Gasteiger partial charge in [0.25, 0.3) is 0 Å². The van der Waals surface area contributed by atoms with Gasteiger partial charge in [-0.05, 0) is 41.5 Å². The third kappa shape index (κ3) is 3.23. The molecule has 0 heterocycles. The average Bonchev–Trinajstić information content (AvgIpc) is 2.53. The summed E-state index contributed by atoms with van der Waals surface area (Å²) in [6.45, 7) is 2.56. The summed E-state index contributed by atoms with van der Waals surface area (Å²) in [4.78, 5) is 0. The van der Waals surface area contributed by atoms with Gasteiger partial charge in [-0.2, -0.15) is 0 Å². The quantitative estimate of drug-likeness (QED) is 0.745. The molecule has 0 fully saturated rings. The monoisotopic (exact) mass is 277 g/mol. The molecule has 3 aromatic carbocycles. The van der Waals surface area contributed by atoms with E-state index in [1.807, 2.05) is 30.3 Å². The smallest absolute Gasteiger partial charge is 0.0962 e. The van der Waals surface area contributed by atoms with Crippen molar-refractivity contribution in [2.75, 3.05) is 11.9 Å². The van der Waals surface area contributed by atoms with Gasteiger partial charge in [-0.3, -0.25) is 0 Å². The van der Waals surface area contributed by atoms with Crippen molar-refractivity contribution in [3.8, 4) is 0 Å². The van der Waals surface area contributed by atoms with Crippen LogP contribution in [0.2, 0.25) is 0 Å². The topological polar surface area (TPSA) is 32.3 Å². The highest BCUT2D eigenvalue weighted by atomic mass is 16.3. The molecule has 0 aliphatic rings. The fourth-order valence-electron chi connectivity index (χ4n) is 2.42. The molecule has 2 heteroatoms. The van der Waals surface area contributed by atoms with Gasteiger partial charge < -0.3 is 10.4 Å². The van der Waals surface area contributed by atoms with E-state index in [0.29, 0.717) is 6.54 Å². The van der Waals surface area contributed by atoms with Crippen LogP contribution in [-0.4, -0.2) is 11.7 Å². The molecule has 3 rings (SSSR count). The van der Waals surface area contributed by atoms with Gasteiger partial charge in [0, 0.05) is 12.2 Å². The van der Waals surface area contributed by atoms with E-state index in [-0.39, 0.29) is 0 Å². The SMILES string of the molecule is Cc1ccc(NCC(O)c2ccc3ccccc3c2)cc1. The zero-order valence-electron chi connectivity index (χ0n) is 12.1. The zero-order valence-corrected chi connectivity index (χ0v) is 12.1. The Morgan fingerprint density at radius 3 is 2.38 bits per heavy atom. The third-order valence-corrected chi connectivity index (χ3v) is 3.71. The maximum atomic E-state index is 10.3. The van der Waals surface area contributed by atoms with Crippen LogP contribution in [0.25, 0.3) is 10.8 Å². The van der Waals surface area contributed by atoms with E-state index in [1.54, 1.807) is 0 Å². The highest BCUT2D eigenvalue weighted by molar-refractivity contribution is 5.83. The fourth-order valence-corrected chi connectivity index (χ4v) is 2.42. The summed E-state index contributed by atoms with van der Waals surface area (Å²) in [5.41, 5.74) is 3.20. The van der Waals surface area contributed by atoms with E-state index in [0.717, 1.165) is 16.6 Å². The Hall–Kier alpha value is -2.32. The van der Waals surface area contributed by atoms with Crippen LogP contribution in [0.4, 0.5) is 5.69 Å². The molecule has 21 heavy (non-hydrogen) atoms. The zero-order chi connectivity index (χ0) is 14.7. The standard InChI is InChI=1S/C19H19NO/c1-14-6-10-18(11-7-14)20-13-19(21)17-9-8-15-4-2-3-5-16(15)12-17/h2-12,19-21H,13H2,1H3. The molecule has 2 nitrogen and oxygen atoms in total. The first-order valence-corrected chi connectivity index (χ1v) is 7.20. The van der Waals surface area contributed by atoms with Crippen LogP contribution in [0.15, 0.2) is 66.7 Å². The second kappa shape index (κ2) is 5.98. The Balaban J connectivity index is 1.71. The lowest BCUT2D eigenvalue weighted by atomic mass is 10.0. The van der Waals surface area contributed by atoms with Gasteiger partial charge in [0.2, 0.25) is 0 Å². The molecular formula is C19H19NO. The molecule has 2 N–H and O–H groups in total. The second-order valence-electron chi connectivity index (χ2n) is 5.37. The molecule has 106 valence electrons. The van der Waals surface area contributed by atoms with Crippen molar-refractivity contribution in [2.24, 2.45) is 0 Å². The molecule has 0 radical (unpaired) electrons. The number of hydrogen-bond acceptors (Lipinski definition) is 2. The van der Waals surface area contributed by atoms with Crippen molar-refractivity contribution in [3.05, 3.63) is 77.9 Å². The molecule has 0 saturated carbocycles. The maximum Gasteiger partial charge on any atom is 0.0962 e. The Labute approximate surface area is 125 Å². The number of hydrogen-bond donors (Lipinski definition) is 2. The summed E-state index contributed by atoms with van der Waals surface area (Å²) in [5.74, 6) is 0. The van der Waals surface area contributed by atoms with Gasteiger partial charge in [-0.25, -0.2) is 0 Å². The summed E-state index contributed by atoms with van der Waals surface area (Å²) in [6.07, 6.45) is -0.518. The van der Waals surface area contributed by atoms with Crippen LogP contribution in [0.3, 0.4) is 0 Å². The van der Waals surface area contributed by atoms with Gasteiger partial charge in [-0.1, -0.05) is 54.1 Å². The number of aliphatic hydroxyl groups is 1. The highest BCUT2D eigenvalue weighted by Gasteiger charge is 2.07. The molecule has 1 unspecified atom stereocenters. The first-order chi connectivity index (χ1) is 10.2. The largest absolute Gasteiger partial charge is 0.387 e. The minimum Gasteiger partial charge on any atom is -0.387 e. The van der Waals surface area contributed by atoms with Gasteiger partial charge in [0.15, 0.2) is 0 Å². The molecule has 0 amide bonds. The lowest BCUT2D eigenvalue weighted by molar-refractivity contribution is 0.192. The Morgan fingerprint density at radius 1 is 0.905 bits per heavy atom. The molecule has 0 spiro atoms. The Morgan fingerprint density at radius 2 is 1.62 bits per heavy atom. The number of rotatable bonds is 4. The summed E-state index contributed by atoms with van der Waals surface area (Å²) in [5, 5.41) is 16.0. The van der Waals surface area contributed by atoms with Crippen LogP contribution in [0.5, 0.6) is 0 Å². The van der Waals surface area contributed by atoms with E-state index < -0.39 is 6.10 Å². The summed E-state index contributed by atoms with van der Waals surface area (Å²) in [6, 6.07) is 22.5. The van der Waals surface area contributed by atoms with Crippen molar-refractivity contribution in [1.29, 1.82) is 0 Å². The molecule has 0 saturated heterocycles. The predicted molar refractivity (Wildman–Crippen MR) is 88.6 cm³/mol. The lowest BCUT2D eigenvalue weighted by Gasteiger charge is -2.14. The minimum absolute atomic E-state index is 0.501. The predicted octanol–water partition coefficient (Wildman–Crippen LogP) is 4.29. The molecular weight excluding hydrogens is 258 g/mol. The third-order valence-electron chi connectivity index (χ3n) is 3.71. The second-order valence-corrected chi connectivity index (χ2v) is 5.37. The van der Waals surface area contributed by atoms with Crippen LogP contribution >= 0.6 is 0 Å². The van der Waals surface area contributed by atoms with E-state index >= 15 is 0 Å². The van der Waals surface area contributed by atoms with Crippen LogP contribution < -0.4 is 5.32 Å². The van der Waals surface area contributed by atoms with E-state index in [1.165, 1.54) is 10.9 Å². The van der Waals surface area contributed by atoms with Gasteiger partial charge >= 0.3 is 0 Å². The van der Waals surface area contributed by atoms with Crippen LogP contribution in [-0.2, 0) is 0 Å². The lowest BCUT2D eigenvalue weighted by Crippen LogP contribution is -2.12. The van der Waals surface area contributed by atoms with Crippen LogP contribution in [0, 0.1) is 6.92 Å². The Kier molecular flexibility index (Phi) is 3.89. The van der Waals surface area contributed by atoms with E-state index in [2.05, 4.69) is 48.6 Å². The highest BCUT2D eigenvalue weighted by Crippen LogP contribution is 2.21. The molecule has 1 atom stereocenters. The summed E-state index contributed by atoms with van der Waals surface area (Å²) >= 11 is 0. The number of aryl methyl sites for hydroxylation is 1. The number of nitrogens with one attached hydrogen (secondary N) is 1. The van der Waals surface area contributed by atoms with Gasteiger partial charge in [0.1, 0.15) is 0 Å². The van der Waals surface area contributed by atoms with Gasteiger partial charge in [-0.15, -0.1) is 0 Å². The fraction of sp³-hybridized carbons (Fsp3) is 0.158. The Bertz CT molecular complexity index is 734. The van der Waals surface area contributed by atoms with Crippen molar-refractivity contribution < 1.29 is 5.11 Å². The number of fused-ring (bicyclic) bond motifs is 1. The summed E-state index contributed by atoms with van der Waals surface area (Å²) < 4.78 is 0. The minimum atomic E-state index is -0.518. The first-order valence-electron chi connectivity index (χ1n) is 7.20. The number of benzene rings is 3. The molecule has 0 aromatic heterocycles. The molecule has 0 aliphatic heterocycles. The van der Waals surface area contributed by atoms with Crippen molar-refractivity contribution in [2.45, 2.75) is 13.0 Å². The molecule has 0 bridgehead atoms. The summed E-state index contributed by atoms with van der Waals surface area (Å²) in [7, 11) is 0. The molecule has 3 aromatic rings.